The van der Waals surface area contributed by atoms with Gasteiger partial charge in [-0.3, -0.25) is 4.99 Å². The largest absolute Gasteiger partial charge is 0.256 e. The Morgan fingerprint density at radius 3 is 2.11 bits per heavy atom. The van der Waals surface area contributed by atoms with Crippen LogP contribution in [0.2, 0.25) is 0 Å². The summed E-state index contributed by atoms with van der Waals surface area (Å²) >= 11 is 1.75. The van der Waals surface area contributed by atoms with Gasteiger partial charge in [0.25, 0.3) is 0 Å². The first-order valence-electron chi connectivity index (χ1n) is 15.5. The van der Waals surface area contributed by atoms with E-state index >= 15 is 0 Å². The maximum atomic E-state index is 5.30. The molecule has 0 N–H and O–H groups in total. The number of hydrogen-bond acceptors (Lipinski definition) is 3. The van der Waals surface area contributed by atoms with Gasteiger partial charge in [0.1, 0.15) is 5.01 Å². The molecule has 0 amide bonds. The first-order chi connectivity index (χ1) is 21.7. The van der Waals surface area contributed by atoms with Gasteiger partial charge in [-0.25, -0.2) is 4.98 Å². The van der Waals surface area contributed by atoms with Crippen molar-refractivity contribution in [2.45, 2.75) is 40.0 Å². The Kier molecular flexibility index (Phi) is 7.43. The van der Waals surface area contributed by atoms with Crippen molar-refractivity contribution in [2.24, 2.45) is 4.99 Å². The van der Waals surface area contributed by atoms with E-state index in [0.29, 0.717) is 0 Å². The third kappa shape index (κ3) is 5.84. The molecule has 220 valence electrons. The molecule has 0 saturated carbocycles. The Balaban J connectivity index is 1.32. The number of aryl methyl sites for hydroxylation is 2. The van der Waals surface area contributed by atoms with Gasteiger partial charge >= 0.3 is 0 Å². The van der Waals surface area contributed by atoms with Gasteiger partial charge in [-0.05, 0) is 76.6 Å². The number of fused-ring (bicyclic) bond motifs is 2. The quantitative estimate of drug-likeness (QED) is 0.180. The lowest BCUT2D eigenvalue weighted by Gasteiger charge is -2.20. The molecular formula is C42H36N2S. The number of benzene rings is 6. The molecule has 7 aromatic rings. The average Bonchev–Trinajstić information content (AvgIpc) is 3.47. The number of rotatable bonds is 5. The van der Waals surface area contributed by atoms with Crippen LogP contribution in [0.1, 0.15) is 43.0 Å². The lowest BCUT2D eigenvalue weighted by Crippen LogP contribution is -2.11. The normalized spacial score (nSPS) is 12.0. The van der Waals surface area contributed by atoms with E-state index in [2.05, 4.69) is 150 Å². The molecule has 0 radical (unpaired) electrons. The number of hydrogen-bond donors (Lipinski definition) is 0. The summed E-state index contributed by atoms with van der Waals surface area (Å²) in [6, 6.07) is 43.5. The van der Waals surface area contributed by atoms with Gasteiger partial charge in [-0.2, -0.15) is 0 Å². The zero-order chi connectivity index (χ0) is 31.1. The maximum Gasteiger partial charge on any atom is 0.126 e. The standard InChI is InChI=1S/C42H36N2S/c1-27-21-28(2)23-33(22-27)29-17-19-31(20-18-29)37-24-34(42(3,4)5)25-39-40(37)44-41(45-39)36-15-8-9-16-38(36)43-26-32-13-10-12-30-11-6-7-14-35(30)32/h6-26H,1-5H3. The molecular weight excluding hydrogens is 565 g/mol. The Hall–Kier alpha value is -4.86. The molecule has 0 fully saturated rings. The number of aliphatic imine (C=N–C) groups is 1. The average molecular weight is 601 g/mol. The first-order valence-corrected chi connectivity index (χ1v) is 16.3. The number of thiazole rings is 1. The van der Waals surface area contributed by atoms with Crippen LogP contribution in [0, 0.1) is 13.8 Å². The fourth-order valence-electron chi connectivity index (χ4n) is 6.05. The van der Waals surface area contributed by atoms with Crippen LogP contribution in [0.3, 0.4) is 0 Å². The van der Waals surface area contributed by atoms with Crippen molar-refractivity contribution in [3.05, 3.63) is 144 Å². The minimum Gasteiger partial charge on any atom is -0.256 e. The van der Waals surface area contributed by atoms with Crippen molar-refractivity contribution in [1.82, 2.24) is 4.98 Å². The van der Waals surface area contributed by atoms with Gasteiger partial charge in [0.05, 0.1) is 15.9 Å². The molecule has 0 spiro atoms. The Labute approximate surface area is 269 Å². The smallest absolute Gasteiger partial charge is 0.126 e. The number of para-hydroxylation sites is 1. The number of aromatic nitrogens is 1. The summed E-state index contributed by atoms with van der Waals surface area (Å²) in [5.74, 6) is 0. The van der Waals surface area contributed by atoms with Crippen molar-refractivity contribution in [3.8, 4) is 32.8 Å². The van der Waals surface area contributed by atoms with Crippen molar-refractivity contribution >= 4 is 44.2 Å². The second kappa shape index (κ2) is 11.6. The van der Waals surface area contributed by atoms with E-state index in [0.717, 1.165) is 27.3 Å². The van der Waals surface area contributed by atoms with E-state index in [1.807, 2.05) is 12.3 Å². The SMILES string of the molecule is Cc1cc(C)cc(-c2ccc(-c3cc(C(C)(C)C)cc4sc(-c5ccccc5N=Cc5cccc6ccccc56)nc34)cc2)c1. The van der Waals surface area contributed by atoms with Gasteiger partial charge in [-0.15, -0.1) is 11.3 Å². The molecule has 0 unspecified atom stereocenters. The fraction of sp³-hybridized carbons (Fsp3) is 0.143. The highest BCUT2D eigenvalue weighted by Crippen LogP contribution is 2.42. The summed E-state index contributed by atoms with van der Waals surface area (Å²) in [7, 11) is 0. The minimum atomic E-state index is 0.00673. The first kappa shape index (κ1) is 28.9. The summed E-state index contributed by atoms with van der Waals surface area (Å²) < 4.78 is 1.19. The molecule has 6 aromatic carbocycles. The van der Waals surface area contributed by atoms with Crippen LogP contribution in [0.25, 0.3) is 53.8 Å². The molecule has 0 aliphatic rings. The second-order valence-electron chi connectivity index (χ2n) is 12.9. The van der Waals surface area contributed by atoms with Crippen molar-refractivity contribution in [3.63, 3.8) is 0 Å². The van der Waals surface area contributed by atoms with Gasteiger partial charge in [0, 0.05) is 22.9 Å². The van der Waals surface area contributed by atoms with E-state index in [1.54, 1.807) is 11.3 Å². The number of nitrogens with zero attached hydrogens (tertiary/aromatic N) is 2. The van der Waals surface area contributed by atoms with E-state index in [9.17, 15) is 0 Å². The molecule has 0 aliphatic carbocycles. The maximum absolute atomic E-state index is 5.30. The van der Waals surface area contributed by atoms with Crippen LogP contribution in [-0.4, -0.2) is 11.2 Å². The van der Waals surface area contributed by atoms with E-state index in [1.165, 1.54) is 54.4 Å². The summed E-state index contributed by atoms with van der Waals surface area (Å²) in [4.78, 5) is 10.3. The molecule has 45 heavy (non-hydrogen) atoms. The third-order valence-electron chi connectivity index (χ3n) is 8.41. The minimum absolute atomic E-state index is 0.00673. The van der Waals surface area contributed by atoms with Gasteiger partial charge in [0.2, 0.25) is 0 Å². The van der Waals surface area contributed by atoms with Gasteiger partial charge in [-0.1, -0.05) is 129 Å². The second-order valence-corrected chi connectivity index (χ2v) is 14.0. The summed E-state index contributed by atoms with van der Waals surface area (Å²) in [5.41, 5.74) is 12.8. The van der Waals surface area contributed by atoms with Crippen molar-refractivity contribution < 1.29 is 0 Å². The molecule has 3 heteroatoms. The topological polar surface area (TPSA) is 25.2 Å². The van der Waals surface area contributed by atoms with Gasteiger partial charge in [0.15, 0.2) is 0 Å². The summed E-state index contributed by atoms with van der Waals surface area (Å²) in [6.07, 6.45) is 1.98. The van der Waals surface area contributed by atoms with Crippen molar-refractivity contribution in [1.29, 1.82) is 0 Å². The lowest BCUT2D eigenvalue weighted by molar-refractivity contribution is 0.591. The van der Waals surface area contributed by atoms with E-state index < -0.39 is 0 Å². The highest BCUT2D eigenvalue weighted by atomic mass is 32.1. The van der Waals surface area contributed by atoms with Crippen LogP contribution in [-0.2, 0) is 5.41 Å². The third-order valence-corrected chi connectivity index (χ3v) is 9.45. The summed E-state index contributed by atoms with van der Waals surface area (Å²) in [5, 5.41) is 3.39. The fourth-order valence-corrected chi connectivity index (χ4v) is 7.12. The van der Waals surface area contributed by atoms with Crippen LogP contribution < -0.4 is 0 Å². The van der Waals surface area contributed by atoms with Crippen LogP contribution >= 0.6 is 11.3 Å². The van der Waals surface area contributed by atoms with E-state index in [4.69, 9.17) is 9.98 Å². The van der Waals surface area contributed by atoms with Crippen LogP contribution in [0.15, 0.2) is 126 Å². The summed E-state index contributed by atoms with van der Waals surface area (Å²) in [6.45, 7) is 11.2. The van der Waals surface area contributed by atoms with Crippen LogP contribution in [0.4, 0.5) is 5.69 Å². The highest BCUT2D eigenvalue weighted by Gasteiger charge is 2.20. The Bertz CT molecular complexity index is 2190. The predicted octanol–water partition coefficient (Wildman–Crippen LogP) is 12.1. The molecule has 1 aromatic heterocycles. The zero-order valence-electron chi connectivity index (χ0n) is 26.4. The zero-order valence-corrected chi connectivity index (χ0v) is 27.2. The molecule has 0 aliphatic heterocycles. The molecule has 7 rings (SSSR count). The van der Waals surface area contributed by atoms with Crippen molar-refractivity contribution in [2.75, 3.05) is 0 Å². The molecule has 2 nitrogen and oxygen atoms in total. The van der Waals surface area contributed by atoms with Crippen LogP contribution in [0.5, 0.6) is 0 Å². The monoisotopic (exact) mass is 600 g/mol. The Morgan fingerprint density at radius 1 is 0.644 bits per heavy atom. The predicted molar refractivity (Wildman–Crippen MR) is 195 cm³/mol. The van der Waals surface area contributed by atoms with Gasteiger partial charge < -0.3 is 0 Å². The molecule has 0 bridgehead atoms. The molecule has 0 saturated heterocycles. The Morgan fingerprint density at radius 2 is 1.33 bits per heavy atom. The lowest BCUT2D eigenvalue weighted by atomic mass is 9.85. The van der Waals surface area contributed by atoms with E-state index in [-0.39, 0.29) is 5.41 Å². The molecule has 1 heterocycles. The highest BCUT2D eigenvalue weighted by molar-refractivity contribution is 7.21. The molecule has 0 atom stereocenters.